The van der Waals surface area contributed by atoms with Crippen LogP contribution in [0.4, 0.5) is 4.79 Å². The summed E-state index contributed by atoms with van der Waals surface area (Å²) in [6, 6.07) is 6.44. The molecule has 0 atom stereocenters. The summed E-state index contributed by atoms with van der Waals surface area (Å²) in [4.78, 5) is 17.0. The minimum absolute atomic E-state index is 0.0968. The van der Waals surface area contributed by atoms with Crippen molar-refractivity contribution in [2.45, 2.75) is 36.7 Å². The predicted octanol–water partition coefficient (Wildman–Crippen LogP) is 1.19. The summed E-state index contributed by atoms with van der Waals surface area (Å²) in [5.74, 6) is 0.508. The van der Waals surface area contributed by atoms with Crippen LogP contribution in [-0.2, 0) is 10.0 Å². The smallest absolute Gasteiger partial charge is 0.317 e. The van der Waals surface area contributed by atoms with Crippen LogP contribution in [0.3, 0.4) is 0 Å². The van der Waals surface area contributed by atoms with E-state index < -0.39 is 10.0 Å². The van der Waals surface area contributed by atoms with Crippen LogP contribution in [0, 0.1) is 0 Å². The maximum atomic E-state index is 12.9. The van der Waals surface area contributed by atoms with Gasteiger partial charge in [0.15, 0.2) is 0 Å². The minimum Gasteiger partial charge on any atom is -0.497 e. The number of benzene rings is 1. The van der Waals surface area contributed by atoms with E-state index in [1.165, 1.54) is 17.5 Å². The Bertz CT molecular complexity index is 787. The van der Waals surface area contributed by atoms with E-state index in [9.17, 15) is 13.2 Å². The molecule has 0 aromatic heterocycles. The number of amides is 2. The monoisotopic (exact) mass is 410 g/mol. The van der Waals surface area contributed by atoms with Gasteiger partial charge < -0.3 is 19.9 Å². The number of rotatable bonds is 6. The van der Waals surface area contributed by atoms with Crippen LogP contribution in [0.5, 0.6) is 5.75 Å². The summed E-state index contributed by atoms with van der Waals surface area (Å²) >= 11 is 0. The van der Waals surface area contributed by atoms with Crippen LogP contribution in [0.15, 0.2) is 29.2 Å². The first kappa shape index (κ1) is 20.9. The first-order valence-corrected chi connectivity index (χ1v) is 11.2. The zero-order chi connectivity index (χ0) is 20.3. The van der Waals surface area contributed by atoms with Crippen molar-refractivity contribution in [1.29, 1.82) is 0 Å². The summed E-state index contributed by atoms with van der Waals surface area (Å²) < 4.78 is 32.4. The van der Waals surface area contributed by atoms with Crippen molar-refractivity contribution in [2.75, 3.05) is 46.9 Å². The number of carbonyl (C=O) groups excluding carboxylic acids is 1. The summed E-state index contributed by atoms with van der Waals surface area (Å²) in [7, 11) is 0.000909. The lowest BCUT2D eigenvalue weighted by Crippen LogP contribution is -2.66. The summed E-state index contributed by atoms with van der Waals surface area (Å²) in [6.45, 7) is 4.98. The standard InChI is InChI=1S/C19H30N4O4S/c1-4-20-19(24)23(15-8-10-21(2)11-9-15)16-13-22(14-16)28(25,26)18-7-5-6-17(12-18)27-3/h5-7,12,15-16H,4,8-11,13-14H2,1-3H3,(H,20,24). The molecular formula is C19H30N4O4S. The number of sulfonamides is 1. The summed E-state index contributed by atoms with van der Waals surface area (Å²) in [5.41, 5.74) is 0. The molecule has 0 bridgehead atoms. The minimum atomic E-state index is -3.59. The molecule has 2 heterocycles. The Hall–Kier alpha value is -1.84. The molecule has 156 valence electrons. The number of methoxy groups -OCH3 is 1. The van der Waals surface area contributed by atoms with Crippen molar-refractivity contribution < 1.29 is 17.9 Å². The number of nitrogens with one attached hydrogen (secondary N) is 1. The van der Waals surface area contributed by atoms with E-state index >= 15 is 0 Å². The number of ether oxygens (including phenoxy) is 1. The molecule has 1 N–H and O–H groups in total. The number of nitrogens with zero attached hydrogens (tertiary/aromatic N) is 3. The molecule has 2 aliphatic heterocycles. The third kappa shape index (κ3) is 4.26. The van der Waals surface area contributed by atoms with E-state index in [0.29, 0.717) is 25.4 Å². The third-order valence-corrected chi connectivity index (χ3v) is 7.37. The van der Waals surface area contributed by atoms with Gasteiger partial charge in [0.2, 0.25) is 10.0 Å². The van der Waals surface area contributed by atoms with Gasteiger partial charge in [-0.3, -0.25) is 0 Å². The average Bonchev–Trinajstić information content (AvgIpc) is 2.65. The van der Waals surface area contributed by atoms with Crippen molar-refractivity contribution in [3.05, 3.63) is 24.3 Å². The first-order chi connectivity index (χ1) is 13.4. The van der Waals surface area contributed by atoms with Crippen molar-refractivity contribution in [1.82, 2.24) is 19.4 Å². The highest BCUT2D eigenvalue weighted by atomic mass is 32.2. The van der Waals surface area contributed by atoms with Crippen LogP contribution in [-0.4, -0.2) is 87.5 Å². The van der Waals surface area contributed by atoms with Gasteiger partial charge in [0, 0.05) is 31.7 Å². The van der Waals surface area contributed by atoms with Gasteiger partial charge in [0.25, 0.3) is 0 Å². The average molecular weight is 411 g/mol. The molecule has 0 unspecified atom stereocenters. The fourth-order valence-electron chi connectivity index (χ4n) is 3.84. The van der Waals surface area contributed by atoms with Crippen LogP contribution >= 0.6 is 0 Å². The number of likely N-dealkylation sites (tertiary alicyclic amines) is 1. The van der Waals surface area contributed by atoms with Gasteiger partial charge in [-0.2, -0.15) is 4.31 Å². The van der Waals surface area contributed by atoms with Crippen LogP contribution in [0.25, 0.3) is 0 Å². The Kier molecular flexibility index (Phi) is 6.47. The largest absolute Gasteiger partial charge is 0.497 e. The van der Waals surface area contributed by atoms with Gasteiger partial charge in [-0.15, -0.1) is 0 Å². The number of piperidine rings is 1. The molecule has 2 aliphatic rings. The topological polar surface area (TPSA) is 82.2 Å². The number of carbonyl (C=O) groups is 1. The highest BCUT2D eigenvalue weighted by molar-refractivity contribution is 7.89. The van der Waals surface area contributed by atoms with Crippen LogP contribution in [0.2, 0.25) is 0 Å². The Labute approximate surface area is 167 Å². The predicted molar refractivity (Wildman–Crippen MR) is 107 cm³/mol. The van der Waals surface area contributed by atoms with E-state index in [1.54, 1.807) is 18.2 Å². The van der Waals surface area contributed by atoms with Crippen molar-refractivity contribution in [3.8, 4) is 5.75 Å². The second kappa shape index (κ2) is 8.67. The lowest BCUT2D eigenvalue weighted by molar-refractivity contribution is 0.0531. The van der Waals surface area contributed by atoms with Crippen molar-refractivity contribution in [3.63, 3.8) is 0 Å². The third-order valence-electron chi connectivity index (χ3n) is 5.55. The highest BCUT2D eigenvalue weighted by Crippen LogP contribution is 2.29. The second-order valence-electron chi connectivity index (χ2n) is 7.43. The fourth-order valence-corrected chi connectivity index (χ4v) is 5.40. The zero-order valence-electron chi connectivity index (χ0n) is 16.8. The van der Waals surface area contributed by atoms with Gasteiger partial charge in [-0.25, -0.2) is 13.2 Å². The van der Waals surface area contributed by atoms with Crippen LogP contribution < -0.4 is 10.1 Å². The van der Waals surface area contributed by atoms with E-state index in [2.05, 4.69) is 17.3 Å². The summed E-state index contributed by atoms with van der Waals surface area (Å²) in [6.07, 6.45) is 1.82. The normalized spacial score (nSPS) is 19.8. The van der Waals surface area contributed by atoms with Gasteiger partial charge in [-0.1, -0.05) is 6.07 Å². The van der Waals surface area contributed by atoms with Gasteiger partial charge in [0.1, 0.15) is 5.75 Å². The van der Waals surface area contributed by atoms with E-state index in [4.69, 9.17) is 4.74 Å². The highest BCUT2D eigenvalue weighted by Gasteiger charge is 2.44. The molecule has 0 saturated carbocycles. The van der Waals surface area contributed by atoms with Crippen molar-refractivity contribution in [2.24, 2.45) is 0 Å². The molecule has 1 aromatic carbocycles. The van der Waals surface area contributed by atoms with Crippen LogP contribution in [0.1, 0.15) is 19.8 Å². The molecule has 2 fully saturated rings. The fraction of sp³-hybridized carbons (Fsp3) is 0.632. The Morgan fingerprint density at radius 1 is 1.25 bits per heavy atom. The maximum Gasteiger partial charge on any atom is 0.317 e. The second-order valence-corrected chi connectivity index (χ2v) is 9.37. The zero-order valence-corrected chi connectivity index (χ0v) is 17.6. The molecule has 3 rings (SSSR count). The summed E-state index contributed by atoms with van der Waals surface area (Å²) in [5, 5.41) is 2.89. The molecule has 28 heavy (non-hydrogen) atoms. The molecule has 0 spiro atoms. The van der Waals surface area contributed by atoms with Gasteiger partial charge >= 0.3 is 6.03 Å². The lowest BCUT2D eigenvalue weighted by Gasteiger charge is -2.48. The molecule has 0 aliphatic carbocycles. The number of hydrogen-bond donors (Lipinski definition) is 1. The molecular weight excluding hydrogens is 380 g/mol. The Morgan fingerprint density at radius 2 is 1.93 bits per heavy atom. The maximum absolute atomic E-state index is 12.9. The lowest BCUT2D eigenvalue weighted by atomic mass is 10.00. The molecule has 2 amide bonds. The Balaban J connectivity index is 1.71. The SMILES string of the molecule is CCNC(=O)N(C1CCN(C)CC1)C1CN(S(=O)(=O)c2cccc(OC)c2)C1. The molecule has 2 saturated heterocycles. The molecule has 9 heteroatoms. The van der Waals surface area contributed by atoms with E-state index in [0.717, 1.165) is 25.9 Å². The first-order valence-electron chi connectivity index (χ1n) is 9.75. The van der Waals surface area contributed by atoms with E-state index in [1.807, 2.05) is 11.8 Å². The van der Waals surface area contributed by atoms with E-state index in [-0.39, 0.29) is 23.0 Å². The number of urea groups is 1. The van der Waals surface area contributed by atoms with Crippen molar-refractivity contribution >= 4 is 16.1 Å². The Morgan fingerprint density at radius 3 is 2.54 bits per heavy atom. The number of hydrogen-bond acceptors (Lipinski definition) is 5. The quantitative estimate of drug-likeness (QED) is 0.762. The van der Waals surface area contributed by atoms with Gasteiger partial charge in [0.05, 0.1) is 18.0 Å². The molecule has 8 nitrogen and oxygen atoms in total. The molecule has 0 radical (unpaired) electrons. The molecule has 1 aromatic rings. The van der Waals surface area contributed by atoms with Gasteiger partial charge in [-0.05, 0) is 52.0 Å².